The molecule has 0 aromatic carbocycles. The average molecular weight is 158 g/mol. The molecule has 0 atom stereocenters. The van der Waals surface area contributed by atoms with E-state index in [1.807, 2.05) is 0 Å². The number of rotatable bonds is 3. The zero-order chi connectivity index (χ0) is 8.95. The summed E-state index contributed by atoms with van der Waals surface area (Å²) in [7, 11) is 0. The molecule has 62 valence electrons. The molecule has 0 radical (unpaired) electrons. The van der Waals surface area contributed by atoms with Crippen LogP contribution in [0.25, 0.3) is 0 Å². The van der Waals surface area contributed by atoms with Crippen LogP contribution in [0.15, 0.2) is 10.3 Å². The van der Waals surface area contributed by atoms with Crippen LogP contribution in [0.3, 0.4) is 0 Å². The van der Waals surface area contributed by atoms with Gasteiger partial charge in [-0.2, -0.15) is 0 Å². The molecule has 0 saturated carbocycles. The third kappa shape index (κ3) is 29.1. The lowest BCUT2D eigenvalue weighted by Gasteiger charge is -1.68. The summed E-state index contributed by atoms with van der Waals surface area (Å²) in [6.45, 7) is 4.36. The lowest BCUT2D eigenvalue weighted by atomic mass is 10.4. The fourth-order valence-corrected chi connectivity index (χ4v) is 0.0537. The van der Waals surface area contributed by atoms with Gasteiger partial charge in [0, 0.05) is 10.3 Å². The van der Waals surface area contributed by atoms with Crippen LogP contribution < -0.4 is 0 Å². The highest BCUT2D eigenvalue weighted by atomic mass is 16.8. The van der Waals surface area contributed by atoms with Crippen LogP contribution in [0.1, 0.15) is 26.7 Å². The molecule has 0 spiro atoms. The normalized spacial score (nSPS) is 6.00. The summed E-state index contributed by atoms with van der Waals surface area (Å²) in [6, 6.07) is 0. The van der Waals surface area contributed by atoms with Crippen LogP contribution in [0.4, 0.5) is 0 Å². The molecule has 0 rings (SSSR count). The van der Waals surface area contributed by atoms with Crippen LogP contribution in [0.5, 0.6) is 0 Å². The lowest BCUT2D eigenvalue weighted by Crippen LogP contribution is -1.61. The largest absolute Gasteiger partial charge is 0.279 e. The molecular formula is C6H10N2O3. The van der Waals surface area contributed by atoms with Crippen molar-refractivity contribution >= 4 is 12.2 Å². The Morgan fingerprint density at radius 3 is 1.64 bits per heavy atom. The first-order valence-corrected chi connectivity index (χ1v) is 3.13. The first-order chi connectivity index (χ1) is 5.33. The minimum atomic E-state index is 0.983. The maximum atomic E-state index is 9.07. The second-order valence-electron chi connectivity index (χ2n) is 1.45. The van der Waals surface area contributed by atoms with Gasteiger partial charge in [-0.15, -0.1) is 0 Å². The Balaban J connectivity index is 0. The fourth-order valence-electron chi connectivity index (χ4n) is 0.0537. The number of unbranched alkanes of at least 4 members (excludes halogenated alkanes) is 1. The Hall–Kier alpha value is -1.44. The molecule has 0 aliphatic rings. The van der Waals surface area contributed by atoms with Gasteiger partial charge in [-0.3, -0.25) is 0 Å². The minimum absolute atomic E-state index is 0.983. The monoisotopic (exact) mass is 158 g/mol. The van der Waals surface area contributed by atoms with Gasteiger partial charge in [0.15, 0.2) is 0 Å². The predicted octanol–water partition coefficient (Wildman–Crippen LogP) is 1.31. The molecule has 0 saturated heterocycles. The summed E-state index contributed by atoms with van der Waals surface area (Å²) in [6.07, 6.45) is 4.60. The molecule has 0 amide bonds. The summed E-state index contributed by atoms with van der Waals surface area (Å²) < 4.78 is 0. The van der Waals surface area contributed by atoms with Gasteiger partial charge in [-0.05, 0) is 0 Å². The second kappa shape index (κ2) is 15.8. The number of isocyanates is 2. The van der Waals surface area contributed by atoms with E-state index in [9.17, 15) is 0 Å². The van der Waals surface area contributed by atoms with E-state index < -0.39 is 0 Å². The Morgan fingerprint density at radius 1 is 1.09 bits per heavy atom. The first-order valence-electron chi connectivity index (χ1n) is 3.13. The lowest BCUT2D eigenvalue weighted by molar-refractivity contribution is 0.154. The van der Waals surface area contributed by atoms with E-state index in [4.69, 9.17) is 9.59 Å². The molecule has 0 aliphatic heterocycles. The highest BCUT2D eigenvalue weighted by molar-refractivity contribution is 5.32. The molecule has 0 aromatic heterocycles. The standard InChI is InChI=1S/C4H10.C2N2O3/c1-3-4-2;5-1-3-7-4-2-6/h3-4H2,1-2H3;. The van der Waals surface area contributed by atoms with E-state index in [1.165, 1.54) is 12.8 Å². The SMILES string of the molecule is CCCC.O=C=NON=C=O. The molecule has 0 unspecified atom stereocenters. The molecule has 5 heteroatoms. The molecule has 0 heterocycles. The topological polar surface area (TPSA) is 68.1 Å². The smallest absolute Gasteiger partial charge is 0.221 e. The number of carbonyl (C=O) groups excluding carboxylic acids is 2. The van der Waals surface area contributed by atoms with E-state index in [-0.39, 0.29) is 0 Å². The average Bonchev–Trinajstić information content (AvgIpc) is 2.06. The van der Waals surface area contributed by atoms with Crippen molar-refractivity contribution in [2.75, 3.05) is 0 Å². The van der Waals surface area contributed by atoms with Crippen LogP contribution in [-0.2, 0) is 14.5 Å². The highest BCUT2D eigenvalue weighted by Gasteiger charge is 1.61. The Bertz CT molecular complexity index is 139. The Labute approximate surface area is 64.7 Å². The third-order valence-electron chi connectivity index (χ3n) is 0.656. The number of hydrogen-bond acceptors (Lipinski definition) is 5. The maximum absolute atomic E-state index is 9.07. The molecule has 0 aromatic rings. The molecule has 0 aliphatic carbocycles. The van der Waals surface area contributed by atoms with Crippen LogP contribution in [0, 0.1) is 0 Å². The van der Waals surface area contributed by atoms with Gasteiger partial charge in [-0.25, -0.2) is 14.5 Å². The van der Waals surface area contributed by atoms with Gasteiger partial charge in [0.2, 0.25) is 0 Å². The molecule has 5 nitrogen and oxygen atoms in total. The first kappa shape index (κ1) is 12.3. The Kier molecular flexibility index (Phi) is 17.6. The molecule has 0 fully saturated rings. The van der Waals surface area contributed by atoms with Gasteiger partial charge in [0.05, 0.1) is 0 Å². The van der Waals surface area contributed by atoms with E-state index in [2.05, 4.69) is 29.1 Å². The van der Waals surface area contributed by atoms with Gasteiger partial charge < -0.3 is 0 Å². The van der Waals surface area contributed by atoms with E-state index >= 15 is 0 Å². The second-order valence-corrected chi connectivity index (χ2v) is 1.45. The molecule has 11 heavy (non-hydrogen) atoms. The van der Waals surface area contributed by atoms with Crippen molar-refractivity contribution in [1.82, 2.24) is 0 Å². The van der Waals surface area contributed by atoms with Gasteiger partial charge in [0.1, 0.15) is 0 Å². The van der Waals surface area contributed by atoms with Crippen molar-refractivity contribution in [2.45, 2.75) is 26.7 Å². The molecule has 0 bridgehead atoms. The van der Waals surface area contributed by atoms with Crippen molar-refractivity contribution in [1.29, 1.82) is 0 Å². The van der Waals surface area contributed by atoms with Crippen molar-refractivity contribution in [3.8, 4) is 0 Å². The summed E-state index contributed by atoms with van der Waals surface area (Å²) in [5.41, 5.74) is 0. The van der Waals surface area contributed by atoms with Crippen LogP contribution in [0.2, 0.25) is 0 Å². The minimum Gasteiger partial charge on any atom is -0.221 e. The fraction of sp³-hybridized carbons (Fsp3) is 0.667. The van der Waals surface area contributed by atoms with Crippen molar-refractivity contribution < 1.29 is 14.5 Å². The van der Waals surface area contributed by atoms with Crippen LogP contribution >= 0.6 is 0 Å². The number of hydrogen-bond donors (Lipinski definition) is 0. The van der Waals surface area contributed by atoms with Gasteiger partial charge >= 0.3 is 0 Å². The zero-order valence-corrected chi connectivity index (χ0v) is 6.53. The van der Waals surface area contributed by atoms with E-state index in [0.717, 1.165) is 12.2 Å². The van der Waals surface area contributed by atoms with Gasteiger partial charge in [-0.1, -0.05) is 26.7 Å². The van der Waals surface area contributed by atoms with Crippen molar-refractivity contribution in [3.63, 3.8) is 0 Å². The Morgan fingerprint density at radius 2 is 1.45 bits per heavy atom. The maximum Gasteiger partial charge on any atom is 0.279 e. The summed E-state index contributed by atoms with van der Waals surface area (Å²) in [5.74, 6) is 0. The summed E-state index contributed by atoms with van der Waals surface area (Å²) in [4.78, 5) is 21.7. The van der Waals surface area contributed by atoms with E-state index in [0.29, 0.717) is 0 Å². The van der Waals surface area contributed by atoms with Crippen molar-refractivity contribution in [2.24, 2.45) is 10.3 Å². The quantitative estimate of drug-likeness (QED) is 0.353. The van der Waals surface area contributed by atoms with E-state index in [1.54, 1.807) is 0 Å². The van der Waals surface area contributed by atoms with Gasteiger partial charge in [0.25, 0.3) is 12.2 Å². The highest BCUT2D eigenvalue weighted by Crippen LogP contribution is 1.76. The molecule has 0 N–H and O–H groups in total. The predicted molar refractivity (Wildman–Crippen MR) is 37.9 cm³/mol. The third-order valence-corrected chi connectivity index (χ3v) is 0.656. The zero-order valence-electron chi connectivity index (χ0n) is 6.53. The van der Waals surface area contributed by atoms with Crippen molar-refractivity contribution in [3.05, 3.63) is 0 Å². The number of nitrogens with zero attached hydrogens (tertiary/aromatic N) is 2. The van der Waals surface area contributed by atoms with Crippen LogP contribution in [-0.4, -0.2) is 12.2 Å². The molecular weight excluding hydrogens is 148 g/mol. The summed E-state index contributed by atoms with van der Waals surface area (Å²) in [5, 5.41) is 4.85. The summed E-state index contributed by atoms with van der Waals surface area (Å²) >= 11 is 0.